The van der Waals surface area contributed by atoms with Crippen LogP contribution in [-0.4, -0.2) is 46.9 Å². The van der Waals surface area contributed by atoms with Gasteiger partial charge in [-0.15, -0.1) is 0 Å². The molecular weight excluding hydrogens is 344 g/mol. The Balaban J connectivity index is 1.53. The predicted octanol–water partition coefficient (Wildman–Crippen LogP) is 3.11. The maximum Gasteiger partial charge on any atom is 0.311 e. The van der Waals surface area contributed by atoms with E-state index >= 15 is 0 Å². The number of hydrogen-bond acceptors (Lipinski definition) is 5. The first-order valence-corrected chi connectivity index (χ1v) is 8.76. The summed E-state index contributed by atoms with van der Waals surface area (Å²) < 4.78 is 0. The van der Waals surface area contributed by atoms with Crippen LogP contribution in [0, 0.1) is 10.1 Å². The highest BCUT2D eigenvalue weighted by atomic mass is 16.6. The summed E-state index contributed by atoms with van der Waals surface area (Å²) in [5.41, 5.74) is 0.677. The zero-order chi connectivity index (χ0) is 18.8. The zero-order valence-electron chi connectivity index (χ0n) is 14.6. The van der Waals surface area contributed by atoms with E-state index in [0.717, 1.165) is 10.8 Å². The van der Waals surface area contributed by atoms with Gasteiger partial charge in [0.15, 0.2) is 0 Å². The maximum atomic E-state index is 13.0. The molecule has 7 heteroatoms. The second-order valence-corrected chi connectivity index (χ2v) is 6.41. The number of aromatic nitrogens is 1. The van der Waals surface area contributed by atoms with Gasteiger partial charge in [0.25, 0.3) is 5.91 Å². The molecule has 0 bridgehead atoms. The van der Waals surface area contributed by atoms with Gasteiger partial charge in [0.05, 0.1) is 4.92 Å². The Morgan fingerprint density at radius 1 is 0.963 bits per heavy atom. The van der Waals surface area contributed by atoms with E-state index in [9.17, 15) is 14.9 Å². The number of amides is 1. The van der Waals surface area contributed by atoms with Crippen molar-refractivity contribution in [2.75, 3.05) is 31.1 Å². The fourth-order valence-corrected chi connectivity index (χ4v) is 3.48. The predicted molar refractivity (Wildman–Crippen MR) is 103 cm³/mol. The first-order chi connectivity index (χ1) is 13.1. The monoisotopic (exact) mass is 362 g/mol. The van der Waals surface area contributed by atoms with E-state index in [1.807, 2.05) is 47.4 Å². The van der Waals surface area contributed by atoms with Gasteiger partial charge in [-0.25, -0.2) is 4.98 Å². The summed E-state index contributed by atoms with van der Waals surface area (Å²) in [5.74, 6) is 0.349. The molecule has 1 aromatic heterocycles. The molecule has 1 aliphatic heterocycles. The van der Waals surface area contributed by atoms with Gasteiger partial charge in [0, 0.05) is 44.0 Å². The van der Waals surface area contributed by atoms with E-state index in [2.05, 4.69) is 4.98 Å². The normalized spacial score (nSPS) is 14.4. The number of anilines is 1. The van der Waals surface area contributed by atoms with Crippen molar-refractivity contribution in [3.63, 3.8) is 0 Å². The summed E-state index contributed by atoms with van der Waals surface area (Å²) in [6, 6.07) is 16.6. The third-order valence-corrected chi connectivity index (χ3v) is 4.85. The van der Waals surface area contributed by atoms with Crippen molar-refractivity contribution >= 4 is 28.2 Å². The van der Waals surface area contributed by atoms with Crippen LogP contribution >= 0.6 is 0 Å². The third kappa shape index (κ3) is 3.19. The van der Waals surface area contributed by atoms with Crippen LogP contribution in [0.3, 0.4) is 0 Å². The number of benzene rings is 2. The maximum absolute atomic E-state index is 13.0. The van der Waals surface area contributed by atoms with Crippen molar-refractivity contribution in [3.8, 4) is 0 Å². The molecule has 4 rings (SSSR count). The number of carbonyl (C=O) groups is 1. The minimum Gasteiger partial charge on any atom is -0.347 e. The summed E-state index contributed by atoms with van der Waals surface area (Å²) in [5, 5.41) is 13.2. The van der Waals surface area contributed by atoms with Crippen molar-refractivity contribution in [1.29, 1.82) is 0 Å². The highest BCUT2D eigenvalue weighted by molar-refractivity contribution is 6.07. The Kier molecular flexibility index (Phi) is 4.42. The molecule has 136 valence electrons. The second kappa shape index (κ2) is 7.03. The Morgan fingerprint density at radius 3 is 2.48 bits per heavy atom. The molecule has 1 fully saturated rings. The fraction of sp³-hybridized carbons (Fsp3) is 0.200. The second-order valence-electron chi connectivity index (χ2n) is 6.41. The van der Waals surface area contributed by atoms with Crippen LogP contribution in [0.4, 0.5) is 11.5 Å². The Hall–Kier alpha value is -3.48. The van der Waals surface area contributed by atoms with E-state index in [4.69, 9.17) is 0 Å². The molecule has 0 saturated carbocycles. The average molecular weight is 362 g/mol. The van der Waals surface area contributed by atoms with Crippen LogP contribution in [0.15, 0.2) is 60.8 Å². The quantitative estimate of drug-likeness (QED) is 0.528. The molecule has 1 aliphatic rings. The molecule has 0 spiro atoms. The molecule has 0 radical (unpaired) electrons. The summed E-state index contributed by atoms with van der Waals surface area (Å²) in [6.45, 7) is 2.01. The number of rotatable bonds is 3. The number of carbonyl (C=O) groups excluding carboxylic acids is 1. The Bertz CT molecular complexity index is 1010. The van der Waals surface area contributed by atoms with Crippen LogP contribution in [-0.2, 0) is 0 Å². The topological polar surface area (TPSA) is 79.6 Å². The van der Waals surface area contributed by atoms with Crippen LogP contribution < -0.4 is 4.90 Å². The third-order valence-electron chi connectivity index (χ3n) is 4.85. The molecule has 2 heterocycles. The van der Waals surface area contributed by atoms with Crippen molar-refractivity contribution in [2.45, 2.75) is 0 Å². The molecular formula is C20H18N4O3. The van der Waals surface area contributed by atoms with Crippen molar-refractivity contribution in [3.05, 3.63) is 76.5 Å². The lowest BCUT2D eigenvalue weighted by Crippen LogP contribution is -2.49. The number of pyridine rings is 1. The van der Waals surface area contributed by atoms with Gasteiger partial charge in [-0.3, -0.25) is 14.9 Å². The molecule has 1 amide bonds. The standard InChI is InChI=1S/C20H18N4O3/c25-20(17-8-3-6-15-5-1-2-7-16(15)17)23-13-11-22(12-14-23)19-18(24(26)27)9-4-10-21-19/h1-10H,11-14H2. The van der Waals surface area contributed by atoms with Crippen LogP contribution in [0.1, 0.15) is 10.4 Å². The Morgan fingerprint density at radius 2 is 1.70 bits per heavy atom. The minimum atomic E-state index is -0.421. The van der Waals surface area contributed by atoms with E-state index in [1.54, 1.807) is 17.2 Å². The molecule has 0 N–H and O–H groups in total. The highest BCUT2D eigenvalue weighted by Gasteiger charge is 2.27. The SMILES string of the molecule is O=C(c1cccc2ccccc12)N1CCN(c2ncccc2[N+](=O)[O-])CC1. The summed E-state index contributed by atoms with van der Waals surface area (Å²) in [7, 11) is 0. The van der Waals surface area contributed by atoms with Gasteiger partial charge in [-0.05, 0) is 22.9 Å². The number of piperazine rings is 1. The Labute approximate surface area is 156 Å². The van der Waals surface area contributed by atoms with Gasteiger partial charge in [0.1, 0.15) is 0 Å². The van der Waals surface area contributed by atoms with Gasteiger partial charge < -0.3 is 9.80 Å². The largest absolute Gasteiger partial charge is 0.347 e. The van der Waals surface area contributed by atoms with Crippen LogP contribution in [0.2, 0.25) is 0 Å². The first kappa shape index (κ1) is 17.0. The molecule has 0 aliphatic carbocycles. The van der Waals surface area contributed by atoms with Crippen molar-refractivity contribution in [1.82, 2.24) is 9.88 Å². The van der Waals surface area contributed by atoms with E-state index in [1.165, 1.54) is 6.07 Å². The van der Waals surface area contributed by atoms with Gasteiger partial charge in [-0.2, -0.15) is 0 Å². The minimum absolute atomic E-state index is 0.00803. The van der Waals surface area contributed by atoms with Crippen LogP contribution in [0.25, 0.3) is 10.8 Å². The van der Waals surface area contributed by atoms with Gasteiger partial charge in [0.2, 0.25) is 5.82 Å². The van der Waals surface area contributed by atoms with E-state index in [0.29, 0.717) is 37.6 Å². The zero-order valence-corrected chi connectivity index (χ0v) is 14.6. The number of fused-ring (bicyclic) bond motifs is 1. The van der Waals surface area contributed by atoms with Gasteiger partial charge >= 0.3 is 5.69 Å². The molecule has 0 atom stereocenters. The smallest absolute Gasteiger partial charge is 0.311 e. The molecule has 3 aromatic rings. The molecule has 0 unspecified atom stereocenters. The summed E-state index contributed by atoms with van der Waals surface area (Å²) in [4.78, 5) is 31.7. The van der Waals surface area contributed by atoms with E-state index in [-0.39, 0.29) is 11.6 Å². The lowest BCUT2D eigenvalue weighted by atomic mass is 10.0. The molecule has 2 aromatic carbocycles. The average Bonchev–Trinajstić information content (AvgIpc) is 2.73. The van der Waals surface area contributed by atoms with Crippen molar-refractivity contribution < 1.29 is 9.72 Å². The molecule has 1 saturated heterocycles. The highest BCUT2D eigenvalue weighted by Crippen LogP contribution is 2.26. The number of nitrogens with zero attached hydrogens (tertiary/aromatic N) is 4. The fourth-order valence-electron chi connectivity index (χ4n) is 3.48. The number of nitro groups is 1. The first-order valence-electron chi connectivity index (χ1n) is 8.76. The van der Waals surface area contributed by atoms with Gasteiger partial charge in [-0.1, -0.05) is 36.4 Å². The van der Waals surface area contributed by atoms with Crippen molar-refractivity contribution in [2.24, 2.45) is 0 Å². The van der Waals surface area contributed by atoms with E-state index < -0.39 is 4.92 Å². The molecule has 7 nitrogen and oxygen atoms in total. The van der Waals surface area contributed by atoms with Crippen LogP contribution in [0.5, 0.6) is 0 Å². The lowest BCUT2D eigenvalue weighted by molar-refractivity contribution is -0.384. The lowest BCUT2D eigenvalue weighted by Gasteiger charge is -2.35. The summed E-state index contributed by atoms with van der Waals surface area (Å²) >= 11 is 0. The summed E-state index contributed by atoms with van der Waals surface area (Å²) in [6.07, 6.45) is 1.55. The molecule has 27 heavy (non-hydrogen) atoms. The number of hydrogen-bond donors (Lipinski definition) is 0.